The third-order valence-electron chi connectivity index (χ3n) is 2.25. The highest BCUT2D eigenvalue weighted by atomic mass is 79.9. The molecule has 0 aliphatic carbocycles. The average Bonchev–Trinajstić information content (AvgIpc) is 2.63. The molecule has 0 radical (unpaired) electrons. The quantitative estimate of drug-likeness (QED) is 0.841. The molecule has 0 fully saturated rings. The Hall–Kier alpha value is -0.870. The van der Waals surface area contributed by atoms with Crippen molar-refractivity contribution in [2.45, 2.75) is 19.9 Å². The lowest BCUT2D eigenvalue weighted by atomic mass is 10.2. The van der Waals surface area contributed by atoms with Crippen LogP contribution < -0.4 is 0 Å². The molecule has 2 rings (SSSR count). The Morgan fingerprint density at radius 1 is 1.31 bits per heavy atom. The van der Waals surface area contributed by atoms with Gasteiger partial charge in [-0.15, -0.1) is 10.2 Å². The maximum Gasteiger partial charge on any atom is 0.164 e. The summed E-state index contributed by atoms with van der Waals surface area (Å²) in [5, 5.41) is 8.74. The van der Waals surface area contributed by atoms with Gasteiger partial charge in [0.2, 0.25) is 0 Å². The number of hydrogen-bond acceptors (Lipinski definition) is 2. The van der Waals surface area contributed by atoms with Crippen molar-refractivity contribution in [3.63, 3.8) is 0 Å². The zero-order chi connectivity index (χ0) is 11.7. The molecule has 1 heterocycles. The minimum absolute atomic E-state index is 0.322. The van der Waals surface area contributed by atoms with E-state index in [0.29, 0.717) is 11.1 Å². The molecule has 16 heavy (non-hydrogen) atoms. The van der Waals surface area contributed by atoms with Crippen molar-refractivity contribution in [3.8, 4) is 11.4 Å². The molecule has 0 atom stereocenters. The van der Waals surface area contributed by atoms with Crippen molar-refractivity contribution < 1.29 is 0 Å². The zero-order valence-corrected chi connectivity index (χ0v) is 11.3. The van der Waals surface area contributed by atoms with Crippen LogP contribution in [0.25, 0.3) is 11.4 Å². The zero-order valence-electron chi connectivity index (χ0n) is 8.98. The van der Waals surface area contributed by atoms with Gasteiger partial charge in [-0.2, -0.15) is 0 Å². The lowest BCUT2D eigenvalue weighted by molar-refractivity contribution is 0.604. The summed E-state index contributed by atoms with van der Waals surface area (Å²) in [5.74, 6) is 0.832. The molecule has 0 amide bonds. The SMILES string of the molecule is CC(C)n1cnnc1-c1cc(Cl)cc(Br)c1. The van der Waals surface area contributed by atoms with E-state index in [-0.39, 0.29) is 0 Å². The summed E-state index contributed by atoms with van der Waals surface area (Å²) < 4.78 is 2.95. The minimum Gasteiger partial charge on any atom is -0.311 e. The number of halogens is 2. The summed E-state index contributed by atoms with van der Waals surface area (Å²) in [6.45, 7) is 4.18. The van der Waals surface area contributed by atoms with Gasteiger partial charge < -0.3 is 4.57 Å². The highest BCUT2D eigenvalue weighted by molar-refractivity contribution is 9.10. The van der Waals surface area contributed by atoms with Crippen LogP contribution in [-0.4, -0.2) is 14.8 Å². The number of benzene rings is 1. The first-order valence-electron chi connectivity index (χ1n) is 4.94. The first-order chi connectivity index (χ1) is 7.58. The van der Waals surface area contributed by atoms with Crippen LogP contribution in [0.2, 0.25) is 5.02 Å². The van der Waals surface area contributed by atoms with Crippen LogP contribution in [-0.2, 0) is 0 Å². The Morgan fingerprint density at radius 2 is 2.06 bits per heavy atom. The molecule has 0 saturated carbocycles. The Bertz CT molecular complexity index is 487. The normalized spacial score (nSPS) is 11.1. The third kappa shape index (κ3) is 2.28. The molecule has 0 unspecified atom stereocenters. The highest BCUT2D eigenvalue weighted by Crippen LogP contribution is 2.27. The van der Waals surface area contributed by atoms with Crippen molar-refractivity contribution in [2.75, 3.05) is 0 Å². The van der Waals surface area contributed by atoms with E-state index in [9.17, 15) is 0 Å². The topological polar surface area (TPSA) is 30.7 Å². The molecule has 2 aromatic rings. The van der Waals surface area contributed by atoms with E-state index in [0.717, 1.165) is 15.9 Å². The largest absolute Gasteiger partial charge is 0.311 e. The van der Waals surface area contributed by atoms with E-state index in [1.807, 2.05) is 22.8 Å². The molecule has 0 aliphatic rings. The maximum absolute atomic E-state index is 6.01. The van der Waals surface area contributed by atoms with Crippen LogP contribution in [0.1, 0.15) is 19.9 Å². The van der Waals surface area contributed by atoms with Gasteiger partial charge in [-0.3, -0.25) is 0 Å². The van der Waals surface area contributed by atoms with Crippen LogP contribution in [0.5, 0.6) is 0 Å². The molecule has 0 spiro atoms. The molecule has 1 aromatic carbocycles. The van der Waals surface area contributed by atoms with E-state index >= 15 is 0 Å². The van der Waals surface area contributed by atoms with E-state index in [4.69, 9.17) is 11.6 Å². The Balaban J connectivity index is 2.54. The fourth-order valence-corrected chi connectivity index (χ4v) is 2.37. The Kier molecular flexibility index (Phi) is 3.30. The van der Waals surface area contributed by atoms with Gasteiger partial charge in [0, 0.05) is 21.1 Å². The molecule has 5 heteroatoms. The fourth-order valence-electron chi connectivity index (χ4n) is 1.51. The lowest BCUT2D eigenvalue weighted by Gasteiger charge is -2.10. The summed E-state index contributed by atoms with van der Waals surface area (Å²) in [4.78, 5) is 0. The Labute approximate surface area is 108 Å². The predicted octanol–water partition coefficient (Wildman–Crippen LogP) is 3.94. The smallest absolute Gasteiger partial charge is 0.164 e. The molecule has 0 bridgehead atoms. The molecular weight excluding hydrogens is 289 g/mol. The monoisotopic (exact) mass is 299 g/mol. The summed E-state index contributed by atoms with van der Waals surface area (Å²) in [7, 11) is 0. The lowest BCUT2D eigenvalue weighted by Crippen LogP contribution is -2.01. The van der Waals surface area contributed by atoms with E-state index in [1.165, 1.54) is 0 Å². The van der Waals surface area contributed by atoms with Crippen LogP contribution in [0, 0.1) is 0 Å². The first kappa shape index (κ1) is 11.6. The van der Waals surface area contributed by atoms with Crippen molar-refractivity contribution in [1.82, 2.24) is 14.8 Å². The Morgan fingerprint density at radius 3 is 2.69 bits per heavy atom. The van der Waals surface area contributed by atoms with Crippen LogP contribution in [0.3, 0.4) is 0 Å². The summed E-state index contributed by atoms with van der Waals surface area (Å²) in [5.41, 5.74) is 0.963. The molecular formula is C11H11BrClN3. The van der Waals surface area contributed by atoms with Crippen molar-refractivity contribution in [2.24, 2.45) is 0 Å². The summed E-state index contributed by atoms with van der Waals surface area (Å²) in [6, 6.07) is 6.04. The molecule has 0 N–H and O–H groups in total. The number of aromatic nitrogens is 3. The fraction of sp³-hybridized carbons (Fsp3) is 0.273. The molecule has 84 valence electrons. The number of rotatable bonds is 2. The van der Waals surface area contributed by atoms with Crippen LogP contribution in [0.15, 0.2) is 29.0 Å². The van der Waals surface area contributed by atoms with E-state index in [2.05, 4.69) is 40.0 Å². The third-order valence-corrected chi connectivity index (χ3v) is 2.93. The average molecular weight is 301 g/mol. The second-order valence-electron chi connectivity index (χ2n) is 3.81. The summed E-state index contributed by atoms with van der Waals surface area (Å²) >= 11 is 9.43. The summed E-state index contributed by atoms with van der Waals surface area (Å²) in [6.07, 6.45) is 1.73. The van der Waals surface area contributed by atoms with Gasteiger partial charge in [0.05, 0.1) is 0 Å². The van der Waals surface area contributed by atoms with Gasteiger partial charge in [-0.1, -0.05) is 27.5 Å². The van der Waals surface area contributed by atoms with Gasteiger partial charge in [0.1, 0.15) is 6.33 Å². The van der Waals surface area contributed by atoms with E-state index in [1.54, 1.807) is 6.33 Å². The number of hydrogen-bond donors (Lipinski definition) is 0. The standard InChI is InChI=1S/C11H11BrClN3/c1-7(2)16-6-14-15-11(16)8-3-9(12)5-10(13)4-8/h3-7H,1-2H3. The number of nitrogens with zero attached hydrogens (tertiary/aromatic N) is 3. The highest BCUT2D eigenvalue weighted by Gasteiger charge is 2.10. The second kappa shape index (κ2) is 4.55. The van der Waals surface area contributed by atoms with Crippen molar-refractivity contribution >= 4 is 27.5 Å². The maximum atomic E-state index is 6.01. The minimum atomic E-state index is 0.322. The first-order valence-corrected chi connectivity index (χ1v) is 6.11. The van der Waals surface area contributed by atoms with Crippen molar-refractivity contribution in [1.29, 1.82) is 0 Å². The molecule has 0 saturated heterocycles. The van der Waals surface area contributed by atoms with Crippen molar-refractivity contribution in [3.05, 3.63) is 34.0 Å². The molecule has 3 nitrogen and oxygen atoms in total. The van der Waals surface area contributed by atoms with Gasteiger partial charge in [0.25, 0.3) is 0 Å². The predicted molar refractivity (Wildman–Crippen MR) is 68.6 cm³/mol. The van der Waals surface area contributed by atoms with Crippen LogP contribution in [0.4, 0.5) is 0 Å². The molecule has 0 aliphatic heterocycles. The van der Waals surface area contributed by atoms with Crippen LogP contribution >= 0.6 is 27.5 Å². The van der Waals surface area contributed by atoms with Gasteiger partial charge in [-0.25, -0.2) is 0 Å². The van der Waals surface area contributed by atoms with Gasteiger partial charge in [-0.05, 0) is 32.0 Å². The van der Waals surface area contributed by atoms with E-state index < -0.39 is 0 Å². The van der Waals surface area contributed by atoms with Gasteiger partial charge >= 0.3 is 0 Å². The molecule has 1 aromatic heterocycles. The van der Waals surface area contributed by atoms with Gasteiger partial charge in [0.15, 0.2) is 5.82 Å². The second-order valence-corrected chi connectivity index (χ2v) is 5.17.